The number of hydrogen-bond donors (Lipinski definition) is 1. The van der Waals surface area contributed by atoms with Gasteiger partial charge in [0.15, 0.2) is 5.69 Å². The van der Waals surface area contributed by atoms with Crippen LogP contribution >= 0.6 is 11.3 Å². The van der Waals surface area contributed by atoms with Crippen LogP contribution < -0.4 is 9.47 Å². The Morgan fingerprint density at radius 1 is 1.26 bits per heavy atom. The molecule has 1 amide bonds. The van der Waals surface area contributed by atoms with Gasteiger partial charge in [0.1, 0.15) is 18.1 Å². The van der Waals surface area contributed by atoms with Crippen LogP contribution in [0.4, 0.5) is 0 Å². The molecule has 3 aromatic heterocycles. The predicted molar refractivity (Wildman–Crippen MR) is 132 cm³/mol. The van der Waals surface area contributed by atoms with Gasteiger partial charge in [0.25, 0.3) is 5.91 Å². The van der Waals surface area contributed by atoms with E-state index in [1.165, 1.54) is 0 Å². The maximum atomic E-state index is 13.5. The molecule has 0 unspecified atom stereocenters. The van der Waals surface area contributed by atoms with Crippen molar-refractivity contribution in [3.8, 4) is 39.6 Å². The summed E-state index contributed by atoms with van der Waals surface area (Å²) in [7, 11) is 3.45. The molecule has 8 nitrogen and oxygen atoms in total. The summed E-state index contributed by atoms with van der Waals surface area (Å²) >= 11 is 1.58. The Labute approximate surface area is 202 Å². The molecule has 0 saturated heterocycles. The zero-order valence-electron chi connectivity index (χ0n) is 20.1. The fourth-order valence-electron chi connectivity index (χ4n) is 4.09. The minimum Gasteiger partial charge on any atom is -0.496 e. The van der Waals surface area contributed by atoms with Gasteiger partial charge in [-0.05, 0) is 45.2 Å². The molecule has 0 saturated carbocycles. The second-order valence-electron chi connectivity index (χ2n) is 9.33. The molecule has 1 aliphatic heterocycles. The highest BCUT2D eigenvalue weighted by atomic mass is 32.1. The molecule has 1 N–H and O–H groups in total. The number of aryl methyl sites for hydroxylation is 1. The lowest BCUT2D eigenvalue weighted by atomic mass is 9.96. The van der Waals surface area contributed by atoms with Crippen molar-refractivity contribution in [1.29, 1.82) is 0 Å². The molecule has 9 heteroatoms. The van der Waals surface area contributed by atoms with Crippen molar-refractivity contribution in [3.05, 3.63) is 52.1 Å². The number of nitrogens with zero attached hydrogens (tertiary/aromatic N) is 4. The molecule has 176 valence electrons. The van der Waals surface area contributed by atoms with Gasteiger partial charge in [0.05, 0.1) is 24.2 Å². The van der Waals surface area contributed by atoms with E-state index in [0.29, 0.717) is 17.2 Å². The third-order valence-electron chi connectivity index (χ3n) is 6.30. The van der Waals surface area contributed by atoms with Crippen LogP contribution in [0.1, 0.15) is 42.5 Å². The Bertz CT molecular complexity index is 1380. The summed E-state index contributed by atoms with van der Waals surface area (Å²) in [5, 5.41) is 16.0. The molecular formula is C25H27N5O3S. The maximum Gasteiger partial charge on any atom is 0.274 e. The number of hydrogen-bond acceptors (Lipinski definition) is 6. The van der Waals surface area contributed by atoms with Crippen molar-refractivity contribution in [2.45, 2.75) is 39.8 Å². The number of ether oxygens (including phenoxy) is 2. The lowest BCUT2D eigenvalue weighted by Crippen LogP contribution is -2.43. The van der Waals surface area contributed by atoms with Crippen LogP contribution in [-0.4, -0.2) is 50.5 Å². The normalized spacial score (nSPS) is 12.6. The van der Waals surface area contributed by atoms with E-state index in [-0.39, 0.29) is 18.1 Å². The van der Waals surface area contributed by atoms with Crippen molar-refractivity contribution in [3.63, 3.8) is 0 Å². The molecule has 0 bridgehead atoms. The SMILES string of the molecule is COc1cc2c(cc1-c1c[nH]nc1C)-c1c(c(C(=O)N(C)C(C)(C)C)nn1-c1ccsc1)CO2. The Balaban J connectivity index is 1.76. The Kier molecular flexibility index (Phi) is 5.24. The zero-order valence-corrected chi connectivity index (χ0v) is 20.9. The molecule has 0 spiro atoms. The van der Waals surface area contributed by atoms with Gasteiger partial charge in [0.2, 0.25) is 0 Å². The van der Waals surface area contributed by atoms with Crippen LogP contribution in [0.25, 0.3) is 28.1 Å². The van der Waals surface area contributed by atoms with Crippen molar-refractivity contribution in [2.75, 3.05) is 14.2 Å². The van der Waals surface area contributed by atoms with Crippen molar-refractivity contribution >= 4 is 17.2 Å². The van der Waals surface area contributed by atoms with Gasteiger partial charge in [-0.3, -0.25) is 9.89 Å². The average Bonchev–Trinajstić information content (AvgIpc) is 3.55. The largest absolute Gasteiger partial charge is 0.496 e. The van der Waals surface area contributed by atoms with Crippen LogP contribution in [0.2, 0.25) is 0 Å². The monoisotopic (exact) mass is 477 g/mol. The highest BCUT2D eigenvalue weighted by Crippen LogP contribution is 2.46. The quantitative estimate of drug-likeness (QED) is 0.444. The highest BCUT2D eigenvalue weighted by Gasteiger charge is 2.34. The summed E-state index contributed by atoms with van der Waals surface area (Å²) < 4.78 is 13.7. The number of aromatic nitrogens is 4. The van der Waals surface area contributed by atoms with Gasteiger partial charge in [-0.2, -0.15) is 21.5 Å². The Hall–Kier alpha value is -3.59. The number of fused-ring (bicyclic) bond motifs is 3. The van der Waals surface area contributed by atoms with Gasteiger partial charge < -0.3 is 14.4 Å². The number of carbonyl (C=O) groups excluding carboxylic acids is 1. The second-order valence-corrected chi connectivity index (χ2v) is 10.1. The van der Waals surface area contributed by atoms with Gasteiger partial charge in [-0.25, -0.2) is 4.68 Å². The average molecular weight is 478 g/mol. The number of amides is 1. The van der Waals surface area contributed by atoms with Gasteiger partial charge in [-0.1, -0.05) is 0 Å². The lowest BCUT2D eigenvalue weighted by molar-refractivity contribution is 0.0646. The van der Waals surface area contributed by atoms with Crippen LogP contribution in [0.3, 0.4) is 0 Å². The minimum atomic E-state index is -0.344. The number of thiophene rings is 1. The molecule has 1 aromatic carbocycles. The van der Waals surface area contributed by atoms with Crippen molar-refractivity contribution in [1.82, 2.24) is 24.9 Å². The Morgan fingerprint density at radius 2 is 2.06 bits per heavy atom. The standard InChI is InChI=1S/C25H27N5O3S/c1-14-18(11-26-27-14)16-9-17-21(10-20(16)32-6)33-12-19-22(24(31)29(5)25(2,3)4)28-30(23(17)19)15-7-8-34-13-15/h7-11,13H,12H2,1-6H3,(H,26,27). The van der Waals surface area contributed by atoms with E-state index in [9.17, 15) is 4.79 Å². The lowest BCUT2D eigenvalue weighted by Gasteiger charge is -2.31. The van der Waals surface area contributed by atoms with Crippen LogP contribution in [0.5, 0.6) is 11.5 Å². The van der Waals surface area contributed by atoms with E-state index >= 15 is 0 Å². The van der Waals surface area contributed by atoms with E-state index < -0.39 is 0 Å². The summed E-state index contributed by atoms with van der Waals surface area (Å²) in [6.07, 6.45) is 1.85. The number of carbonyl (C=O) groups is 1. The van der Waals surface area contributed by atoms with Crippen LogP contribution in [0, 0.1) is 6.92 Å². The first kappa shape index (κ1) is 22.2. The first-order valence-corrected chi connectivity index (χ1v) is 11.9. The van der Waals surface area contributed by atoms with Gasteiger partial charge in [0, 0.05) is 52.5 Å². The summed E-state index contributed by atoms with van der Waals surface area (Å²) in [5.74, 6) is 1.25. The van der Waals surface area contributed by atoms with E-state index in [2.05, 4.69) is 10.2 Å². The molecule has 0 radical (unpaired) electrons. The maximum absolute atomic E-state index is 13.5. The molecule has 5 rings (SSSR count). The predicted octanol–water partition coefficient (Wildman–Crippen LogP) is 5.07. The first-order chi connectivity index (χ1) is 16.2. The number of benzene rings is 1. The third-order valence-corrected chi connectivity index (χ3v) is 6.97. The van der Waals surface area contributed by atoms with E-state index in [1.807, 2.05) is 67.5 Å². The number of nitrogens with one attached hydrogen (secondary N) is 1. The topological polar surface area (TPSA) is 85.3 Å². The zero-order chi connectivity index (χ0) is 24.2. The molecule has 4 aromatic rings. The van der Waals surface area contributed by atoms with E-state index in [1.54, 1.807) is 30.4 Å². The molecular weight excluding hydrogens is 450 g/mol. The Morgan fingerprint density at radius 3 is 2.68 bits per heavy atom. The van der Waals surface area contributed by atoms with Crippen LogP contribution in [-0.2, 0) is 6.61 Å². The summed E-state index contributed by atoms with van der Waals surface area (Å²) in [4.78, 5) is 15.2. The summed E-state index contributed by atoms with van der Waals surface area (Å²) in [5.41, 5.74) is 6.15. The molecule has 34 heavy (non-hydrogen) atoms. The van der Waals surface area contributed by atoms with Gasteiger partial charge in [-0.15, -0.1) is 0 Å². The van der Waals surface area contributed by atoms with Crippen molar-refractivity contribution in [2.24, 2.45) is 0 Å². The summed E-state index contributed by atoms with van der Waals surface area (Å²) in [6.45, 7) is 8.21. The number of aromatic amines is 1. The smallest absolute Gasteiger partial charge is 0.274 e. The van der Waals surface area contributed by atoms with Crippen molar-refractivity contribution < 1.29 is 14.3 Å². The molecule has 1 aliphatic rings. The fraction of sp³-hybridized carbons (Fsp3) is 0.320. The molecule has 0 atom stereocenters. The highest BCUT2D eigenvalue weighted by molar-refractivity contribution is 7.08. The van der Waals surface area contributed by atoms with E-state index in [0.717, 1.165) is 39.3 Å². The van der Waals surface area contributed by atoms with Crippen LogP contribution in [0.15, 0.2) is 35.2 Å². The van der Waals surface area contributed by atoms with Gasteiger partial charge >= 0.3 is 0 Å². The molecule has 4 heterocycles. The first-order valence-electron chi connectivity index (χ1n) is 11.0. The molecule has 0 fully saturated rings. The summed E-state index contributed by atoms with van der Waals surface area (Å²) in [6, 6.07) is 5.93. The number of H-pyrrole nitrogens is 1. The van der Waals surface area contributed by atoms with E-state index in [4.69, 9.17) is 14.6 Å². The fourth-order valence-corrected chi connectivity index (χ4v) is 4.70. The second kappa shape index (κ2) is 8.02. The number of rotatable bonds is 4. The third kappa shape index (κ3) is 3.47. The minimum absolute atomic E-state index is 0.135. The number of methoxy groups -OCH3 is 1. The molecule has 0 aliphatic carbocycles.